The van der Waals surface area contributed by atoms with E-state index in [1.807, 2.05) is 53.5 Å². The maximum absolute atomic E-state index is 14.1. The smallest absolute Gasteiger partial charge is 0.255 e. The summed E-state index contributed by atoms with van der Waals surface area (Å²) in [6.45, 7) is 4.42. The predicted octanol–water partition coefficient (Wildman–Crippen LogP) is 5.11. The highest BCUT2D eigenvalue weighted by atomic mass is 16.3. The number of hydrogen-bond donors (Lipinski definition) is 3. The molecule has 0 radical (unpaired) electrons. The Morgan fingerprint density at radius 3 is 2.72 bits per heavy atom. The lowest BCUT2D eigenvalue weighted by atomic mass is 10.0. The van der Waals surface area contributed by atoms with E-state index in [1.165, 1.54) is 0 Å². The van der Waals surface area contributed by atoms with Crippen molar-refractivity contribution in [2.45, 2.75) is 32.2 Å². The third-order valence-electron chi connectivity index (χ3n) is 6.69. The van der Waals surface area contributed by atoms with Crippen LogP contribution < -0.4 is 5.32 Å². The van der Waals surface area contributed by atoms with Gasteiger partial charge in [0.2, 0.25) is 0 Å². The summed E-state index contributed by atoms with van der Waals surface area (Å²) < 4.78 is 0. The van der Waals surface area contributed by atoms with Crippen molar-refractivity contribution in [3.8, 4) is 17.0 Å². The Balaban J connectivity index is 1.61. The summed E-state index contributed by atoms with van der Waals surface area (Å²) in [5, 5.41) is 21.5. The van der Waals surface area contributed by atoms with Crippen LogP contribution in [-0.2, 0) is 0 Å². The number of fused-ring (bicyclic) bond motifs is 1. The molecular weight excluding hydrogens is 450 g/mol. The van der Waals surface area contributed by atoms with Crippen molar-refractivity contribution in [3.05, 3.63) is 77.5 Å². The molecule has 3 heterocycles. The van der Waals surface area contributed by atoms with Gasteiger partial charge in [-0.2, -0.15) is 5.10 Å². The molecule has 7 nitrogen and oxygen atoms in total. The van der Waals surface area contributed by atoms with Gasteiger partial charge in [-0.3, -0.25) is 9.89 Å². The first-order valence-corrected chi connectivity index (χ1v) is 12.6. The number of phenolic OH excluding ortho intramolecular Hbond substituents is 1. The number of hydrogen-bond acceptors (Lipinski definition) is 5. The van der Waals surface area contributed by atoms with Gasteiger partial charge < -0.3 is 15.3 Å². The van der Waals surface area contributed by atoms with E-state index >= 15 is 0 Å². The summed E-state index contributed by atoms with van der Waals surface area (Å²) in [4.78, 5) is 20.9. The van der Waals surface area contributed by atoms with Gasteiger partial charge >= 0.3 is 0 Å². The molecule has 36 heavy (non-hydrogen) atoms. The highest BCUT2D eigenvalue weighted by Gasteiger charge is 2.29. The zero-order valence-electron chi connectivity index (χ0n) is 20.4. The van der Waals surface area contributed by atoms with Gasteiger partial charge in [0.25, 0.3) is 5.91 Å². The maximum atomic E-state index is 14.1. The molecule has 0 spiro atoms. The Hall–Kier alpha value is -3.97. The number of pyridine rings is 1. The first-order chi connectivity index (χ1) is 17.6. The van der Waals surface area contributed by atoms with Crippen LogP contribution in [0.1, 0.15) is 47.8 Å². The van der Waals surface area contributed by atoms with Crippen LogP contribution in [0.3, 0.4) is 0 Å². The Labute approximate surface area is 210 Å². The third-order valence-corrected chi connectivity index (χ3v) is 6.69. The molecule has 1 amide bonds. The summed E-state index contributed by atoms with van der Waals surface area (Å²) in [6, 6.07) is 18.9. The van der Waals surface area contributed by atoms with Crippen molar-refractivity contribution in [1.82, 2.24) is 25.4 Å². The second-order valence-corrected chi connectivity index (χ2v) is 9.18. The minimum atomic E-state index is 0.000734. The van der Waals surface area contributed by atoms with Crippen LogP contribution in [0.5, 0.6) is 5.75 Å². The van der Waals surface area contributed by atoms with Gasteiger partial charge in [-0.1, -0.05) is 56.2 Å². The minimum Gasteiger partial charge on any atom is -0.508 e. The van der Waals surface area contributed by atoms with Crippen molar-refractivity contribution in [2.75, 3.05) is 19.6 Å². The average molecular weight is 482 g/mol. The van der Waals surface area contributed by atoms with Gasteiger partial charge in [-0.15, -0.1) is 0 Å². The van der Waals surface area contributed by atoms with Gasteiger partial charge in [0.05, 0.1) is 22.3 Å². The Kier molecular flexibility index (Phi) is 7.09. The number of carbonyl (C=O) groups is 1. The van der Waals surface area contributed by atoms with Crippen molar-refractivity contribution in [2.24, 2.45) is 0 Å². The van der Waals surface area contributed by atoms with E-state index in [1.54, 1.807) is 24.3 Å². The van der Waals surface area contributed by atoms with Gasteiger partial charge in [-0.05, 0) is 48.4 Å². The fraction of sp³-hybridized carbons (Fsp3) is 0.276. The monoisotopic (exact) mass is 481 g/mol. The second kappa shape index (κ2) is 10.7. The fourth-order valence-corrected chi connectivity index (χ4v) is 4.74. The topological polar surface area (TPSA) is 94.1 Å². The molecule has 5 rings (SSSR count). The molecular formula is C29H31N5O2. The lowest BCUT2D eigenvalue weighted by Gasteiger charge is -2.36. The number of rotatable bonds is 7. The lowest BCUT2D eigenvalue weighted by Crippen LogP contribution is -2.53. The summed E-state index contributed by atoms with van der Waals surface area (Å²) in [7, 11) is 0. The summed E-state index contributed by atoms with van der Waals surface area (Å²) >= 11 is 0. The number of aromatic amines is 1. The SMILES string of the molecule is CCCCC1CNCCN1C(=O)c1cc(-c2ccc(O)cc2)nc2n[nH]c(C=Cc3ccccc3)c12. The van der Waals surface area contributed by atoms with E-state index in [9.17, 15) is 9.90 Å². The van der Waals surface area contributed by atoms with Crippen LogP contribution in [0.15, 0.2) is 60.7 Å². The number of piperazine rings is 1. The number of amides is 1. The third kappa shape index (κ3) is 5.02. The van der Waals surface area contributed by atoms with Crippen molar-refractivity contribution < 1.29 is 9.90 Å². The quantitative estimate of drug-likeness (QED) is 0.341. The molecule has 1 aliphatic rings. The molecule has 4 aromatic rings. The van der Waals surface area contributed by atoms with Gasteiger partial charge in [-0.25, -0.2) is 4.98 Å². The number of phenols is 1. The highest BCUT2D eigenvalue weighted by Crippen LogP contribution is 2.30. The van der Waals surface area contributed by atoms with E-state index in [0.717, 1.165) is 54.6 Å². The number of benzene rings is 2. The van der Waals surface area contributed by atoms with E-state index < -0.39 is 0 Å². The first-order valence-electron chi connectivity index (χ1n) is 12.6. The second-order valence-electron chi connectivity index (χ2n) is 9.18. The molecule has 1 saturated heterocycles. The molecule has 1 fully saturated rings. The van der Waals surface area contributed by atoms with Crippen LogP contribution in [-0.4, -0.2) is 56.8 Å². The van der Waals surface area contributed by atoms with E-state index in [4.69, 9.17) is 4.98 Å². The lowest BCUT2D eigenvalue weighted by molar-refractivity contribution is 0.0624. The number of H-pyrrole nitrogens is 1. The predicted molar refractivity (Wildman–Crippen MR) is 144 cm³/mol. The zero-order valence-corrected chi connectivity index (χ0v) is 20.4. The standard InChI is InChI=1S/C29H31N5O2/c1-2-3-9-22-19-30-16-17-34(22)29(36)24-18-26(21-11-13-23(35)14-12-21)31-28-27(24)25(32-33-28)15-10-20-7-5-4-6-8-20/h4-8,10-15,18,22,30,35H,2-3,9,16-17,19H2,1H3,(H,31,32,33). The fourth-order valence-electron chi connectivity index (χ4n) is 4.74. The highest BCUT2D eigenvalue weighted by molar-refractivity contribution is 6.09. The summed E-state index contributed by atoms with van der Waals surface area (Å²) in [6.07, 6.45) is 7.11. The van der Waals surface area contributed by atoms with Crippen molar-refractivity contribution in [1.29, 1.82) is 0 Å². The van der Waals surface area contributed by atoms with Crippen molar-refractivity contribution >= 4 is 29.1 Å². The largest absolute Gasteiger partial charge is 0.508 e. The zero-order chi connectivity index (χ0) is 24.9. The minimum absolute atomic E-state index is 0.000734. The van der Waals surface area contributed by atoms with Crippen molar-refractivity contribution in [3.63, 3.8) is 0 Å². The number of carbonyl (C=O) groups excluding carboxylic acids is 1. The van der Waals surface area contributed by atoms with Gasteiger partial charge in [0.15, 0.2) is 5.65 Å². The van der Waals surface area contributed by atoms with E-state index in [0.29, 0.717) is 23.4 Å². The number of nitrogens with zero attached hydrogens (tertiary/aromatic N) is 3. The van der Waals surface area contributed by atoms with Crippen LogP contribution in [0.25, 0.3) is 34.4 Å². The van der Waals surface area contributed by atoms with Crippen LogP contribution in [0.2, 0.25) is 0 Å². The molecule has 184 valence electrons. The van der Waals surface area contributed by atoms with Crippen LogP contribution in [0, 0.1) is 0 Å². The molecule has 7 heteroatoms. The Morgan fingerprint density at radius 2 is 1.94 bits per heavy atom. The first kappa shape index (κ1) is 23.8. The number of nitrogens with one attached hydrogen (secondary N) is 2. The maximum Gasteiger partial charge on any atom is 0.255 e. The molecule has 2 aromatic carbocycles. The Bertz CT molecular complexity index is 1360. The number of aromatic nitrogens is 3. The molecule has 1 aliphatic heterocycles. The number of unbranched alkanes of at least 4 members (excludes halogenated alkanes) is 1. The molecule has 1 atom stereocenters. The molecule has 2 aromatic heterocycles. The Morgan fingerprint density at radius 1 is 1.14 bits per heavy atom. The molecule has 0 aliphatic carbocycles. The van der Waals surface area contributed by atoms with E-state index in [-0.39, 0.29) is 17.7 Å². The van der Waals surface area contributed by atoms with Crippen LogP contribution in [0.4, 0.5) is 0 Å². The van der Waals surface area contributed by atoms with Crippen LogP contribution >= 0.6 is 0 Å². The molecule has 0 saturated carbocycles. The van der Waals surface area contributed by atoms with E-state index in [2.05, 4.69) is 22.4 Å². The summed E-state index contributed by atoms with van der Waals surface area (Å²) in [5.74, 6) is 0.185. The molecule has 1 unspecified atom stereocenters. The number of aromatic hydroxyl groups is 1. The molecule has 3 N–H and O–H groups in total. The normalized spacial score (nSPS) is 16.1. The molecule has 0 bridgehead atoms. The van der Waals surface area contributed by atoms with Gasteiger partial charge in [0, 0.05) is 31.2 Å². The average Bonchev–Trinajstić information content (AvgIpc) is 3.34. The van der Waals surface area contributed by atoms with Gasteiger partial charge in [0.1, 0.15) is 5.75 Å². The summed E-state index contributed by atoms with van der Waals surface area (Å²) in [5.41, 5.74) is 4.36.